The van der Waals surface area contributed by atoms with Gasteiger partial charge in [0, 0.05) is 0 Å². The zero-order valence-electron chi connectivity index (χ0n) is 10.7. The van der Waals surface area contributed by atoms with Gasteiger partial charge in [-0.25, -0.2) is 0 Å². The second kappa shape index (κ2) is 7.22. The molecule has 0 saturated heterocycles. The van der Waals surface area contributed by atoms with Crippen LogP contribution in [0, 0.1) is 34.0 Å². The molecule has 0 aliphatic heterocycles. The number of aliphatic hydroxyl groups is 3. The Morgan fingerprint density at radius 2 is 1.14 bits per heavy atom. The topological polar surface area (TPSA) is 183 Å². The average molecular weight is 293 g/mol. The summed E-state index contributed by atoms with van der Waals surface area (Å²) in [5.74, 6) is -4.58. The Hall–Kier alpha value is -2.64. The van der Waals surface area contributed by atoms with E-state index in [0.29, 0.717) is 0 Å². The van der Waals surface area contributed by atoms with E-state index >= 15 is 0 Å². The van der Waals surface area contributed by atoms with E-state index in [4.69, 9.17) is 20.9 Å². The van der Waals surface area contributed by atoms with Gasteiger partial charge in [0.25, 0.3) is 0 Å². The van der Waals surface area contributed by atoms with Crippen LogP contribution in [-0.4, -0.2) is 50.5 Å². The van der Waals surface area contributed by atoms with Crippen LogP contribution < -0.4 is 0 Å². The third kappa shape index (κ3) is 3.10. The fourth-order valence-electron chi connectivity index (χ4n) is 1.64. The molecule has 0 aromatic rings. The van der Waals surface area contributed by atoms with Gasteiger partial charge in [0.05, 0.1) is 44.1 Å². The van der Waals surface area contributed by atoms with Crippen molar-refractivity contribution in [2.75, 3.05) is 6.61 Å². The van der Waals surface area contributed by atoms with Crippen molar-refractivity contribution in [3.05, 3.63) is 0 Å². The molecule has 0 aromatic heterocycles. The summed E-state index contributed by atoms with van der Waals surface area (Å²) < 4.78 is 0. The lowest BCUT2D eigenvalue weighted by atomic mass is 9.72. The number of rotatable bonds is 8. The van der Waals surface area contributed by atoms with Gasteiger partial charge in [0.15, 0.2) is 23.0 Å². The van der Waals surface area contributed by atoms with Gasteiger partial charge in [-0.15, -0.1) is 0 Å². The summed E-state index contributed by atoms with van der Waals surface area (Å²) in [5.41, 5.74) is -6.77. The molecule has 0 radical (unpaired) electrons. The molecule has 0 bridgehead atoms. The number of nitrogens with zero attached hydrogens (tertiary/aromatic N) is 3. The van der Waals surface area contributed by atoms with E-state index < -0.39 is 54.4 Å². The quantitative estimate of drug-likeness (QED) is 0.421. The Morgan fingerprint density at radius 1 is 0.810 bits per heavy atom. The number of Topliss-reactive ketones (excluding diaryl/α,β-unsaturated/α-hetero) is 3. The molecule has 0 aromatic carbocycles. The monoisotopic (exact) mass is 293 g/mol. The first kappa shape index (κ1) is 18.4. The third-order valence-corrected chi connectivity index (χ3v) is 2.81. The summed E-state index contributed by atoms with van der Waals surface area (Å²) in [4.78, 5) is 35.3. The van der Waals surface area contributed by atoms with Crippen LogP contribution in [0.4, 0.5) is 0 Å². The molecule has 3 N–H and O–H groups in total. The van der Waals surface area contributed by atoms with Crippen LogP contribution in [0.5, 0.6) is 0 Å². The van der Waals surface area contributed by atoms with Crippen molar-refractivity contribution >= 4 is 17.3 Å². The maximum Gasteiger partial charge on any atom is 0.221 e. The van der Waals surface area contributed by atoms with Crippen molar-refractivity contribution in [1.29, 1.82) is 15.8 Å². The Labute approximate surface area is 119 Å². The van der Waals surface area contributed by atoms with Crippen molar-refractivity contribution < 1.29 is 29.7 Å². The molecule has 9 nitrogen and oxygen atoms in total. The first-order chi connectivity index (χ1) is 9.75. The number of hydrogen-bond donors (Lipinski definition) is 3. The van der Waals surface area contributed by atoms with E-state index in [0.717, 1.165) is 0 Å². The van der Waals surface area contributed by atoms with E-state index in [-0.39, 0.29) is 0 Å². The molecule has 0 rings (SSSR count). The highest BCUT2D eigenvalue weighted by atomic mass is 16.4. The highest BCUT2D eigenvalue weighted by Gasteiger charge is 2.62. The lowest BCUT2D eigenvalue weighted by molar-refractivity contribution is -0.192. The largest absolute Gasteiger partial charge is 0.393 e. The zero-order valence-corrected chi connectivity index (χ0v) is 10.7. The maximum absolute atomic E-state index is 11.8. The standard InChI is InChI=1S/C12H11N3O6/c13-4-1-8(17)11(20,7-16)12(21,9(18)2-5-14)10(19)3-6-15/h16,20-21H,1-3,7H2. The van der Waals surface area contributed by atoms with Crippen molar-refractivity contribution in [3.8, 4) is 18.2 Å². The lowest BCUT2D eigenvalue weighted by Crippen LogP contribution is -2.69. The van der Waals surface area contributed by atoms with Crippen molar-refractivity contribution in [1.82, 2.24) is 0 Å². The highest BCUT2D eigenvalue weighted by molar-refractivity contribution is 6.17. The van der Waals surface area contributed by atoms with Crippen molar-refractivity contribution in [2.45, 2.75) is 30.5 Å². The molecule has 9 heteroatoms. The predicted octanol–water partition coefficient (Wildman–Crippen LogP) is -2.11. The van der Waals surface area contributed by atoms with Gasteiger partial charge in [-0.3, -0.25) is 14.4 Å². The van der Waals surface area contributed by atoms with Gasteiger partial charge < -0.3 is 15.3 Å². The fraction of sp³-hybridized carbons (Fsp3) is 0.500. The summed E-state index contributed by atoms with van der Waals surface area (Å²) in [6.45, 7) is -1.54. The predicted molar refractivity (Wildman–Crippen MR) is 62.7 cm³/mol. The van der Waals surface area contributed by atoms with Gasteiger partial charge in [-0.2, -0.15) is 15.8 Å². The minimum absolute atomic E-state index is 1.00. The first-order valence-electron chi connectivity index (χ1n) is 5.52. The SMILES string of the molecule is N#CCC(=O)C(O)(CO)C(O)(C(=O)CC#N)C(=O)CC#N. The molecule has 1 atom stereocenters. The summed E-state index contributed by atoms with van der Waals surface area (Å²) in [5, 5.41) is 54.7. The number of hydrogen-bond acceptors (Lipinski definition) is 9. The summed E-state index contributed by atoms with van der Waals surface area (Å²) in [7, 11) is 0. The van der Waals surface area contributed by atoms with E-state index in [9.17, 15) is 24.6 Å². The minimum atomic E-state index is -3.47. The molecule has 1 unspecified atom stereocenters. The number of carbonyl (C=O) groups is 3. The Balaban J connectivity index is 6.12. The van der Waals surface area contributed by atoms with Crippen molar-refractivity contribution in [3.63, 3.8) is 0 Å². The normalized spacial score (nSPS) is 13.1. The molecular formula is C12H11N3O6. The summed E-state index contributed by atoms with van der Waals surface area (Å²) in [6.07, 6.45) is -3.09. The van der Waals surface area contributed by atoms with Gasteiger partial charge in [0.1, 0.15) is 0 Å². The van der Waals surface area contributed by atoms with Gasteiger partial charge >= 0.3 is 0 Å². The summed E-state index contributed by atoms with van der Waals surface area (Å²) >= 11 is 0. The second-order valence-electron chi connectivity index (χ2n) is 4.00. The molecule has 110 valence electrons. The Morgan fingerprint density at radius 3 is 1.43 bits per heavy atom. The smallest absolute Gasteiger partial charge is 0.221 e. The van der Waals surface area contributed by atoms with Gasteiger partial charge in [0.2, 0.25) is 5.60 Å². The van der Waals surface area contributed by atoms with Gasteiger partial charge in [-0.05, 0) is 0 Å². The number of aliphatic hydroxyl groups excluding tert-OH is 1. The van der Waals surface area contributed by atoms with E-state index in [1.54, 1.807) is 0 Å². The lowest BCUT2D eigenvalue weighted by Gasteiger charge is -2.37. The van der Waals surface area contributed by atoms with E-state index in [2.05, 4.69) is 0 Å². The van der Waals surface area contributed by atoms with E-state index in [1.807, 2.05) is 0 Å². The minimum Gasteiger partial charge on any atom is -0.393 e. The van der Waals surface area contributed by atoms with Crippen LogP contribution >= 0.6 is 0 Å². The molecule has 0 saturated carbocycles. The van der Waals surface area contributed by atoms with Crippen LogP contribution in [0.15, 0.2) is 0 Å². The zero-order chi connectivity index (χ0) is 16.7. The molecule has 0 amide bonds. The van der Waals surface area contributed by atoms with Gasteiger partial charge in [-0.1, -0.05) is 0 Å². The highest BCUT2D eigenvalue weighted by Crippen LogP contribution is 2.29. The number of ketones is 3. The number of carbonyl (C=O) groups excluding carboxylic acids is 3. The molecule has 0 fully saturated rings. The fourth-order valence-corrected chi connectivity index (χ4v) is 1.64. The average Bonchev–Trinajstić information content (AvgIpc) is 2.45. The first-order valence-corrected chi connectivity index (χ1v) is 5.52. The molecule has 0 spiro atoms. The second-order valence-corrected chi connectivity index (χ2v) is 4.00. The van der Waals surface area contributed by atoms with Crippen molar-refractivity contribution in [2.24, 2.45) is 0 Å². The summed E-state index contributed by atoms with van der Waals surface area (Å²) in [6, 6.07) is 3.98. The molecule has 0 heterocycles. The van der Waals surface area contributed by atoms with Crippen LogP contribution in [-0.2, 0) is 14.4 Å². The Bertz CT molecular complexity index is 551. The van der Waals surface area contributed by atoms with Crippen LogP contribution in [0.2, 0.25) is 0 Å². The van der Waals surface area contributed by atoms with E-state index in [1.165, 1.54) is 18.2 Å². The maximum atomic E-state index is 11.8. The molecule has 21 heavy (non-hydrogen) atoms. The van der Waals surface area contributed by atoms with Crippen LogP contribution in [0.3, 0.4) is 0 Å². The van der Waals surface area contributed by atoms with Crippen LogP contribution in [0.1, 0.15) is 19.3 Å². The molecule has 0 aliphatic carbocycles. The number of nitriles is 3. The Kier molecular flexibility index (Phi) is 6.32. The molecule has 0 aliphatic rings. The van der Waals surface area contributed by atoms with Crippen LogP contribution in [0.25, 0.3) is 0 Å². The molecular weight excluding hydrogens is 282 g/mol. The third-order valence-electron chi connectivity index (χ3n) is 2.81.